The molecule has 0 spiro atoms. The van der Waals surface area contributed by atoms with Crippen molar-refractivity contribution in [3.63, 3.8) is 0 Å². The zero-order valence-electron chi connectivity index (χ0n) is 11.1. The van der Waals surface area contributed by atoms with E-state index < -0.39 is 0 Å². The fourth-order valence-corrected chi connectivity index (χ4v) is 3.02. The molecule has 1 aliphatic heterocycles. The predicted octanol–water partition coefficient (Wildman–Crippen LogP) is 1.72. The molecule has 1 saturated heterocycles. The molecule has 2 unspecified atom stereocenters. The highest BCUT2D eigenvalue weighted by Gasteiger charge is 2.31. The normalized spacial score (nSPS) is 30.1. The van der Waals surface area contributed by atoms with Crippen LogP contribution in [0.5, 0.6) is 0 Å². The van der Waals surface area contributed by atoms with Crippen molar-refractivity contribution in [3.8, 4) is 0 Å². The summed E-state index contributed by atoms with van der Waals surface area (Å²) in [6.07, 6.45) is 6.39. The smallest absolute Gasteiger partial charge is 0.309 e. The molecule has 2 N–H and O–H groups in total. The van der Waals surface area contributed by atoms with Gasteiger partial charge in [-0.3, -0.25) is 4.79 Å². The molecule has 0 aromatic heterocycles. The number of rotatable bonds is 4. The molecule has 0 aromatic carbocycles. The molecule has 2 fully saturated rings. The SMILES string of the molecule is NCC1CCCCC1C(=O)OCC1CCOCC1. The Kier molecular flexibility index (Phi) is 5.45. The largest absolute Gasteiger partial charge is 0.465 e. The molecular formula is C14H25NO3. The number of hydrogen-bond donors (Lipinski definition) is 1. The Morgan fingerprint density at radius 2 is 1.89 bits per heavy atom. The van der Waals surface area contributed by atoms with E-state index >= 15 is 0 Å². The fourth-order valence-electron chi connectivity index (χ4n) is 3.02. The molecular weight excluding hydrogens is 230 g/mol. The lowest BCUT2D eigenvalue weighted by Gasteiger charge is -2.29. The Balaban J connectivity index is 1.75. The summed E-state index contributed by atoms with van der Waals surface area (Å²) in [4.78, 5) is 12.1. The number of nitrogens with two attached hydrogens (primary N) is 1. The topological polar surface area (TPSA) is 61.6 Å². The Morgan fingerprint density at radius 1 is 1.17 bits per heavy atom. The Morgan fingerprint density at radius 3 is 2.61 bits per heavy atom. The minimum absolute atomic E-state index is 0.0170. The van der Waals surface area contributed by atoms with E-state index in [2.05, 4.69) is 0 Å². The van der Waals surface area contributed by atoms with E-state index in [0.717, 1.165) is 45.3 Å². The molecule has 2 atom stereocenters. The molecule has 18 heavy (non-hydrogen) atoms. The van der Waals surface area contributed by atoms with Gasteiger partial charge in [0.25, 0.3) is 0 Å². The van der Waals surface area contributed by atoms with E-state index in [9.17, 15) is 4.79 Å². The van der Waals surface area contributed by atoms with Crippen LogP contribution in [0.25, 0.3) is 0 Å². The van der Waals surface area contributed by atoms with Crippen molar-refractivity contribution >= 4 is 5.97 Å². The van der Waals surface area contributed by atoms with Crippen molar-refractivity contribution in [2.75, 3.05) is 26.4 Å². The van der Waals surface area contributed by atoms with Gasteiger partial charge >= 0.3 is 5.97 Å². The summed E-state index contributed by atoms with van der Waals surface area (Å²) in [7, 11) is 0. The molecule has 0 radical (unpaired) electrons. The van der Waals surface area contributed by atoms with E-state index in [1.54, 1.807) is 0 Å². The van der Waals surface area contributed by atoms with Crippen LogP contribution in [0.2, 0.25) is 0 Å². The van der Waals surface area contributed by atoms with Crippen LogP contribution >= 0.6 is 0 Å². The van der Waals surface area contributed by atoms with Crippen LogP contribution in [0.1, 0.15) is 38.5 Å². The lowest BCUT2D eigenvalue weighted by atomic mass is 9.79. The minimum Gasteiger partial charge on any atom is -0.465 e. The van der Waals surface area contributed by atoms with Crippen LogP contribution in [0.3, 0.4) is 0 Å². The summed E-state index contributed by atoms with van der Waals surface area (Å²) in [6, 6.07) is 0. The van der Waals surface area contributed by atoms with Gasteiger partial charge in [0.05, 0.1) is 12.5 Å². The van der Waals surface area contributed by atoms with Gasteiger partial charge in [-0.05, 0) is 44.1 Å². The summed E-state index contributed by atoms with van der Waals surface area (Å²) >= 11 is 0. The molecule has 1 heterocycles. The van der Waals surface area contributed by atoms with Crippen LogP contribution in [0.4, 0.5) is 0 Å². The van der Waals surface area contributed by atoms with Crippen LogP contribution in [-0.2, 0) is 14.3 Å². The van der Waals surface area contributed by atoms with Crippen LogP contribution in [0.15, 0.2) is 0 Å². The van der Waals surface area contributed by atoms with E-state index in [-0.39, 0.29) is 11.9 Å². The highest BCUT2D eigenvalue weighted by Crippen LogP contribution is 2.30. The first-order valence-corrected chi connectivity index (χ1v) is 7.25. The van der Waals surface area contributed by atoms with Crippen molar-refractivity contribution < 1.29 is 14.3 Å². The third-order valence-electron chi connectivity index (χ3n) is 4.32. The first-order valence-electron chi connectivity index (χ1n) is 7.25. The van der Waals surface area contributed by atoms with Crippen molar-refractivity contribution in [1.82, 2.24) is 0 Å². The molecule has 2 aliphatic rings. The molecule has 4 nitrogen and oxygen atoms in total. The van der Waals surface area contributed by atoms with Gasteiger partial charge in [0.15, 0.2) is 0 Å². The highest BCUT2D eigenvalue weighted by molar-refractivity contribution is 5.73. The van der Waals surface area contributed by atoms with Crippen molar-refractivity contribution in [1.29, 1.82) is 0 Å². The maximum Gasteiger partial charge on any atom is 0.309 e. The minimum atomic E-state index is -0.0170. The second-order valence-electron chi connectivity index (χ2n) is 5.57. The Bertz CT molecular complexity index is 264. The van der Waals surface area contributed by atoms with Gasteiger partial charge in [-0.15, -0.1) is 0 Å². The van der Waals surface area contributed by atoms with Gasteiger partial charge in [0.1, 0.15) is 0 Å². The van der Waals surface area contributed by atoms with Crippen molar-refractivity contribution in [2.45, 2.75) is 38.5 Å². The van der Waals surface area contributed by atoms with Crippen LogP contribution < -0.4 is 5.73 Å². The van der Waals surface area contributed by atoms with Crippen LogP contribution in [0, 0.1) is 17.8 Å². The third-order valence-corrected chi connectivity index (χ3v) is 4.32. The molecule has 0 amide bonds. The average molecular weight is 255 g/mol. The lowest BCUT2D eigenvalue weighted by Crippen LogP contribution is -2.34. The number of carbonyl (C=O) groups excluding carboxylic acids is 1. The van der Waals surface area contributed by atoms with Gasteiger partial charge in [-0.2, -0.15) is 0 Å². The van der Waals surface area contributed by atoms with Crippen LogP contribution in [-0.4, -0.2) is 32.3 Å². The van der Waals surface area contributed by atoms with Gasteiger partial charge < -0.3 is 15.2 Å². The maximum atomic E-state index is 12.1. The number of hydrogen-bond acceptors (Lipinski definition) is 4. The average Bonchev–Trinajstić information content (AvgIpc) is 2.45. The lowest BCUT2D eigenvalue weighted by molar-refractivity contribution is -0.154. The maximum absolute atomic E-state index is 12.1. The molecule has 2 rings (SSSR count). The molecule has 104 valence electrons. The monoisotopic (exact) mass is 255 g/mol. The second kappa shape index (κ2) is 7.10. The highest BCUT2D eigenvalue weighted by atomic mass is 16.5. The summed E-state index contributed by atoms with van der Waals surface area (Å²) in [5.41, 5.74) is 5.75. The fraction of sp³-hybridized carbons (Fsp3) is 0.929. The predicted molar refractivity (Wildman–Crippen MR) is 69.0 cm³/mol. The number of ether oxygens (including phenoxy) is 2. The quantitative estimate of drug-likeness (QED) is 0.777. The molecule has 1 saturated carbocycles. The second-order valence-corrected chi connectivity index (χ2v) is 5.57. The Hall–Kier alpha value is -0.610. The van der Waals surface area contributed by atoms with E-state index in [4.69, 9.17) is 15.2 Å². The van der Waals surface area contributed by atoms with Crippen molar-refractivity contribution in [2.24, 2.45) is 23.5 Å². The van der Waals surface area contributed by atoms with E-state index in [1.807, 2.05) is 0 Å². The van der Waals surface area contributed by atoms with Gasteiger partial charge in [0, 0.05) is 13.2 Å². The van der Waals surface area contributed by atoms with E-state index in [1.165, 1.54) is 6.42 Å². The summed E-state index contributed by atoms with van der Waals surface area (Å²) < 4.78 is 10.8. The summed E-state index contributed by atoms with van der Waals surface area (Å²) in [5, 5.41) is 0. The van der Waals surface area contributed by atoms with Crippen molar-refractivity contribution in [3.05, 3.63) is 0 Å². The van der Waals surface area contributed by atoms with Gasteiger partial charge in [0.2, 0.25) is 0 Å². The Labute approximate surface area is 109 Å². The van der Waals surface area contributed by atoms with E-state index in [0.29, 0.717) is 25.0 Å². The molecule has 0 aromatic rings. The zero-order valence-corrected chi connectivity index (χ0v) is 11.1. The van der Waals surface area contributed by atoms with Gasteiger partial charge in [-0.25, -0.2) is 0 Å². The summed E-state index contributed by atoms with van der Waals surface area (Å²) in [6.45, 7) is 2.78. The third kappa shape index (κ3) is 3.69. The molecule has 4 heteroatoms. The molecule has 1 aliphatic carbocycles. The number of carbonyl (C=O) groups is 1. The zero-order chi connectivity index (χ0) is 12.8. The van der Waals surface area contributed by atoms with Gasteiger partial charge in [-0.1, -0.05) is 12.8 Å². The molecule has 0 bridgehead atoms. The number of esters is 1. The first kappa shape index (κ1) is 13.8. The summed E-state index contributed by atoms with van der Waals surface area (Å²) in [5.74, 6) is 0.851. The first-order chi connectivity index (χ1) is 8.81. The standard InChI is InChI=1S/C14H25NO3/c15-9-12-3-1-2-4-13(12)14(16)18-10-11-5-7-17-8-6-11/h11-13H,1-10,15H2.